The summed E-state index contributed by atoms with van der Waals surface area (Å²) in [6, 6.07) is 14.0. The zero-order chi connectivity index (χ0) is 25.1. The number of piperidine rings is 1. The van der Waals surface area contributed by atoms with Crippen molar-refractivity contribution in [1.82, 2.24) is 19.9 Å². The summed E-state index contributed by atoms with van der Waals surface area (Å²) in [5.74, 6) is 0.401. The van der Waals surface area contributed by atoms with Crippen LogP contribution in [-0.4, -0.2) is 71.0 Å². The lowest BCUT2D eigenvalue weighted by atomic mass is 9.98. The SMILES string of the molecule is CC1CCN(c2ccc(-c3noc(C(=O)N4CCN(C(=O)Cc5ccc(F)cc5)CC4)n3)cc2)CC1. The molecule has 2 amide bonds. The molecule has 2 fully saturated rings. The normalized spacial score (nSPS) is 16.9. The number of piperazine rings is 1. The highest BCUT2D eigenvalue weighted by Crippen LogP contribution is 2.25. The Bertz CT molecular complexity index is 1190. The first kappa shape index (κ1) is 24.0. The molecule has 1 aromatic heterocycles. The van der Waals surface area contributed by atoms with Crippen LogP contribution in [0.3, 0.4) is 0 Å². The van der Waals surface area contributed by atoms with Crippen LogP contribution in [0, 0.1) is 11.7 Å². The quantitative estimate of drug-likeness (QED) is 0.542. The van der Waals surface area contributed by atoms with Gasteiger partial charge in [-0.25, -0.2) is 4.39 Å². The van der Waals surface area contributed by atoms with Gasteiger partial charge in [-0.05, 0) is 60.7 Å². The Morgan fingerprint density at radius 1 is 0.917 bits per heavy atom. The second-order valence-electron chi connectivity index (χ2n) is 9.62. The van der Waals surface area contributed by atoms with E-state index in [1.165, 1.54) is 30.7 Å². The number of amides is 2. The van der Waals surface area contributed by atoms with E-state index in [2.05, 4.69) is 34.1 Å². The van der Waals surface area contributed by atoms with Crippen molar-refractivity contribution in [2.45, 2.75) is 26.2 Å². The lowest BCUT2D eigenvalue weighted by Crippen LogP contribution is -2.51. The molecule has 36 heavy (non-hydrogen) atoms. The van der Waals surface area contributed by atoms with E-state index in [9.17, 15) is 14.0 Å². The van der Waals surface area contributed by atoms with Crippen molar-refractivity contribution >= 4 is 17.5 Å². The minimum atomic E-state index is -0.335. The van der Waals surface area contributed by atoms with Crippen LogP contribution in [0.2, 0.25) is 0 Å². The molecular formula is C27H30FN5O3. The fraction of sp³-hybridized carbons (Fsp3) is 0.407. The zero-order valence-electron chi connectivity index (χ0n) is 20.4. The molecule has 0 bridgehead atoms. The van der Waals surface area contributed by atoms with Gasteiger partial charge in [-0.1, -0.05) is 24.2 Å². The minimum absolute atomic E-state index is 0.0451. The number of carbonyl (C=O) groups excluding carboxylic acids is 2. The molecule has 0 aliphatic carbocycles. The van der Waals surface area contributed by atoms with Gasteiger partial charge in [0.1, 0.15) is 5.82 Å². The molecule has 3 aromatic rings. The van der Waals surface area contributed by atoms with Crippen LogP contribution in [0.15, 0.2) is 53.1 Å². The van der Waals surface area contributed by atoms with E-state index in [-0.39, 0.29) is 29.9 Å². The molecule has 0 radical (unpaired) electrons. The van der Waals surface area contributed by atoms with Gasteiger partial charge in [-0.2, -0.15) is 4.98 Å². The third-order valence-electron chi connectivity index (χ3n) is 7.07. The zero-order valence-corrected chi connectivity index (χ0v) is 20.4. The van der Waals surface area contributed by atoms with E-state index in [4.69, 9.17) is 4.52 Å². The number of nitrogens with zero attached hydrogens (tertiary/aromatic N) is 5. The van der Waals surface area contributed by atoms with Gasteiger partial charge in [0.05, 0.1) is 6.42 Å². The number of benzene rings is 2. The average Bonchev–Trinajstić information content (AvgIpc) is 3.41. The van der Waals surface area contributed by atoms with Gasteiger partial charge in [0.25, 0.3) is 0 Å². The Balaban J connectivity index is 1.15. The molecule has 0 saturated carbocycles. The largest absolute Gasteiger partial charge is 0.372 e. The first-order valence-electron chi connectivity index (χ1n) is 12.5. The summed E-state index contributed by atoms with van der Waals surface area (Å²) in [4.78, 5) is 35.6. The van der Waals surface area contributed by atoms with Crippen LogP contribution in [0.5, 0.6) is 0 Å². The van der Waals surface area contributed by atoms with Crippen LogP contribution in [0.25, 0.3) is 11.4 Å². The number of rotatable bonds is 5. The van der Waals surface area contributed by atoms with Crippen molar-refractivity contribution in [2.75, 3.05) is 44.2 Å². The first-order chi connectivity index (χ1) is 17.5. The van der Waals surface area contributed by atoms with Crippen molar-refractivity contribution in [1.29, 1.82) is 0 Å². The molecule has 0 spiro atoms. The van der Waals surface area contributed by atoms with E-state index in [1.54, 1.807) is 21.9 Å². The number of halogens is 1. The van der Waals surface area contributed by atoms with Gasteiger partial charge in [0, 0.05) is 50.5 Å². The van der Waals surface area contributed by atoms with Crippen molar-refractivity contribution in [2.24, 2.45) is 5.92 Å². The van der Waals surface area contributed by atoms with Gasteiger partial charge < -0.3 is 19.2 Å². The fourth-order valence-corrected chi connectivity index (χ4v) is 4.70. The Morgan fingerprint density at radius 2 is 1.56 bits per heavy atom. The van der Waals surface area contributed by atoms with Crippen LogP contribution in [0.4, 0.5) is 10.1 Å². The Morgan fingerprint density at radius 3 is 2.22 bits per heavy atom. The maximum Gasteiger partial charge on any atom is 0.316 e. The highest BCUT2D eigenvalue weighted by molar-refractivity contribution is 5.90. The van der Waals surface area contributed by atoms with Gasteiger partial charge in [-0.3, -0.25) is 9.59 Å². The summed E-state index contributed by atoms with van der Waals surface area (Å²) in [7, 11) is 0. The predicted octanol–water partition coefficient (Wildman–Crippen LogP) is 3.64. The summed E-state index contributed by atoms with van der Waals surface area (Å²) in [5, 5.41) is 4.01. The highest BCUT2D eigenvalue weighted by Gasteiger charge is 2.28. The number of hydrogen-bond acceptors (Lipinski definition) is 6. The van der Waals surface area contributed by atoms with Crippen LogP contribution in [-0.2, 0) is 11.2 Å². The molecule has 0 unspecified atom stereocenters. The third kappa shape index (κ3) is 5.40. The van der Waals surface area contributed by atoms with Crippen molar-refractivity contribution in [3.63, 3.8) is 0 Å². The maximum atomic E-state index is 13.1. The van der Waals surface area contributed by atoms with Crippen LogP contribution in [0.1, 0.15) is 36.0 Å². The number of anilines is 1. The Hall–Kier alpha value is -3.75. The molecule has 2 aromatic carbocycles. The van der Waals surface area contributed by atoms with Crippen molar-refractivity contribution in [3.05, 3.63) is 65.8 Å². The van der Waals surface area contributed by atoms with Gasteiger partial charge in [0.15, 0.2) is 0 Å². The number of aromatic nitrogens is 2. The number of hydrogen-bond donors (Lipinski definition) is 0. The standard InChI is InChI=1S/C27H30FN5O3/c1-19-10-12-31(13-11-19)23-8-4-21(5-9-23)25-29-26(36-30-25)27(35)33-16-14-32(15-17-33)24(34)18-20-2-6-22(28)7-3-20/h2-9,19H,10-18H2,1H3. The van der Waals surface area contributed by atoms with E-state index >= 15 is 0 Å². The first-order valence-corrected chi connectivity index (χ1v) is 12.5. The summed E-state index contributed by atoms with van der Waals surface area (Å²) < 4.78 is 18.4. The second-order valence-corrected chi connectivity index (χ2v) is 9.62. The van der Waals surface area contributed by atoms with Crippen molar-refractivity contribution < 1.29 is 18.5 Å². The fourth-order valence-electron chi connectivity index (χ4n) is 4.70. The molecule has 0 atom stereocenters. The van der Waals surface area contributed by atoms with Gasteiger partial charge in [0.2, 0.25) is 11.7 Å². The molecule has 5 rings (SSSR count). The third-order valence-corrected chi connectivity index (χ3v) is 7.07. The Kier molecular flexibility index (Phi) is 6.97. The van der Waals surface area contributed by atoms with Crippen molar-refractivity contribution in [3.8, 4) is 11.4 Å². The van der Waals surface area contributed by atoms with E-state index in [1.807, 2.05) is 12.1 Å². The highest BCUT2D eigenvalue weighted by atomic mass is 19.1. The second kappa shape index (κ2) is 10.5. The smallest absolute Gasteiger partial charge is 0.316 e. The van der Waals surface area contributed by atoms with E-state index in [0.29, 0.717) is 32.0 Å². The lowest BCUT2D eigenvalue weighted by Gasteiger charge is -2.34. The topological polar surface area (TPSA) is 82.8 Å². The van der Waals surface area contributed by atoms with Gasteiger partial charge in [-0.15, -0.1) is 0 Å². The van der Waals surface area contributed by atoms with Gasteiger partial charge >= 0.3 is 11.8 Å². The summed E-state index contributed by atoms with van der Waals surface area (Å²) in [6.07, 6.45) is 2.61. The summed E-state index contributed by atoms with van der Waals surface area (Å²) in [5.41, 5.74) is 2.73. The van der Waals surface area contributed by atoms with E-state index in [0.717, 1.165) is 30.1 Å². The minimum Gasteiger partial charge on any atom is -0.372 e. The lowest BCUT2D eigenvalue weighted by molar-refractivity contribution is -0.131. The molecule has 2 aliphatic heterocycles. The molecular weight excluding hydrogens is 461 g/mol. The average molecular weight is 492 g/mol. The molecule has 2 saturated heterocycles. The molecule has 8 nitrogen and oxygen atoms in total. The molecule has 188 valence electrons. The number of carbonyl (C=O) groups is 2. The molecule has 3 heterocycles. The summed E-state index contributed by atoms with van der Waals surface area (Å²) in [6.45, 7) is 6.03. The van der Waals surface area contributed by atoms with E-state index < -0.39 is 0 Å². The molecule has 9 heteroatoms. The predicted molar refractivity (Wildman–Crippen MR) is 133 cm³/mol. The molecule has 0 N–H and O–H groups in total. The Labute approximate surface area is 209 Å². The monoisotopic (exact) mass is 491 g/mol. The molecule has 2 aliphatic rings. The van der Waals surface area contributed by atoms with Crippen LogP contribution < -0.4 is 4.90 Å². The maximum absolute atomic E-state index is 13.1. The summed E-state index contributed by atoms with van der Waals surface area (Å²) >= 11 is 0. The van der Waals surface area contributed by atoms with Crippen LogP contribution >= 0.6 is 0 Å².